The molecule has 88 valence electrons. The summed E-state index contributed by atoms with van der Waals surface area (Å²) in [6.45, 7) is 2.25. The van der Waals surface area contributed by atoms with Crippen molar-refractivity contribution in [2.45, 2.75) is 19.5 Å². The van der Waals surface area contributed by atoms with Crippen LogP contribution in [0.1, 0.15) is 10.6 Å². The van der Waals surface area contributed by atoms with Crippen LogP contribution >= 0.6 is 11.3 Å². The maximum Gasteiger partial charge on any atom is 0.228 e. The number of rotatable bonds is 2. The predicted octanol–water partition coefficient (Wildman–Crippen LogP) is 1.53. The Balaban J connectivity index is 1.68. The lowest BCUT2D eigenvalue weighted by molar-refractivity contribution is -0.131. The van der Waals surface area contributed by atoms with Gasteiger partial charge in [0.15, 0.2) is 0 Å². The molecule has 17 heavy (non-hydrogen) atoms. The van der Waals surface area contributed by atoms with Crippen molar-refractivity contribution in [2.75, 3.05) is 6.54 Å². The highest BCUT2D eigenvalue weighted by molar-refractivity contribution is 7.10. The maximum atomic E-state index is 12.1. The summed E-state index contributed by atoms with van der Waals surface area (Å²) in [5.74, 6) is 0.208. The highest BCUT2D eigenvalue weighted by atomic mass is 32.1. The fraction of sp³-hybridized carbons (Fsp3) is 0.333. The van der Waals surface area contributed by atoms with Crippen molar-refractivity contribution in [1.29, 1.82) is 0 Å². The van der Waals surface area contributed by atoms with Gasteiger partial charge in [-0.25, -0.2) is 0 Å². The first-order valence-electron chi connectivity index (χ1n) is 5.64. The molecule has 0 saturated carbocycles. The van der Waals surface area contributed by atoms with E-state index in [9.17, 15) is 4.79 Å². The summed E-state index contributed by atoms with van der Waals surface area (Å²) in [4.78, 5) is 15.1. The molecule has 0 radical (unpaired) electrons. The van der Waals surface area contributed by atoms with Gasteiger partial charge in [-0.2, -0.15) is 5.10 Å². The average molecular weight is 247 g/mol. The largest absolute Gasteiger partial charge is 0.335 e. The van der Waals surface area contributed by atoms with E-state index in [1.54, 1.807) is 17.5 Å². The van der Waals surface area contributed by atoms with E-state index < -0.39 is 0 Å². The van der Waals surface area contributed by atoms with Crippen molar-refractivity contribution >= 4 is 17.2 Å². The maximum absolute atomic E-state index is 12.1. The second kappa shape index (κ2) is 4.33. The van der Waals surface area contributed by atoms with Gasteiger partial charge in [0.1, 0.15) is 0 Å². The molecule has 3 rings (SSSR count). The van der Waals surface area contributed by atoms with Gasteiger partial charge in [0.25, 0.3) is 0 Å². The molecule has 4 nitrogen and oxygen atoms in total. The highest BCUT2D eigenvalue weighted by Crippen LogP contribution is 2.15. The lowest BCUT2D eigenvalue weighted by Crippen LogP contribution is -2.39. The molecule has 1 amide bonds. The third-order valence-corrected chi connectivity index (χ3v) is 3.87. The number of fused-ring (bicyclic) bond motifs is 1. The zero-order chi connectivity index (χ0) is 11.7. The van der Waals surface area contributed by atoms with Gasteiger partial charge in [-0.15, -0.1) is 11.3 Å². The normalized spacial score (nSPS) is 14.7. The average Bonchev–Trinajstić information content (AvgIpc) is 2.97. The third-order valence-electron chi connectivity index (χ3n) is 3.00. The summed E-state index contributed by atoms with van der Waals surface area (Å²) in [6, 6.07) is 5.97. The molecule has 0 bridgehead atoms. The van der Waals surface area contributed by atoms with Gasteiger partial charge in [-0.05, 0) is 17.5 Å². The van der Waals surface area contributed by atoms with Crippen LogP contribution < -0.4 is 0 Å². The summed E-state index contributed by atoms with van der Waals surface area (Å²) < 4.78 is 1.97. The molecule has 0 unspecified atom stereocenters. The van der Waals surface area contributed by atoms with Gasteiger partial charge in [0.05, 0.1) is 25.2 Å². The van der Waals surface area contributed by atoms with E-state index in [-0.39, 0.29) is 5.91 Å². The Labute approximate surface area is 103 Å². The van der Waals surface area contributed by atoms with Crippen LogP contribution in [0.2, 0.25) is 0 Å². The van der Waals surface area contributed by atoms with Crippen LogP contribution in [0.15, 0.2) is 29.8 Å². The lowest BCUT2D eigenvalue weighted by Gasteiger charge is -2.27. The summed E-state index contributed by atoms with van der Waals surface area (Å²) in [5.41, 5.74) is 1.12. The van der Waals surface area contributed by atoms with Gasteiger partial charge in [0, 0.05) is 17.6 Å². The van der Waals surface area contributed by atoms with E-state index in [0.717, 1.165) is 23.7 Å². The van der Waals surface area contributed by atoms with E-state index in [0.29, 0.717) is 13.0 Å². The molecule has 2 aromatic heterocycles. The van der Waals surface area contributed by atoms with Crippen molar-refractivity contribution in [3.8, 4) is 0 Å². The monoisotopic (exact) mass is 247 g/mol. The van der Waals surface area contributed by atoms with Crippen LogP contribution in [0.4, 0.5) is 0 Å². The molecule has 0 fully saturated rings. The first kappa shape index (κ1) is 10.5. The summed E-state index contributed by atoms with van der Waals surface area (Å²) in [6.07, 6.45) is 2.31. The van der Waals surface area contributed by atoms with E-state index >= 15 is 0 Å². The van der Waals surface area contributed by atoms with Crippen LogP contribution in [-0.4, -0.2) is 27.1 Å². The van der Waals surface area contributed by atoms with Crippen molar-refractivity contribution in [1.82, 2.24) is 14.7 Å². The predicted molar refractivity (Wildman–Crippen MR) is 65.7 cm³/mol. The molecule has 1 aliphatic rings. The van der Waals surface area contributed by atoms with E-state index in [2.05, 4.69) is 5.10 Å². The Morgan fingerprint density at radius 1 is 1.41 bits per heavy atom. The Hall–Kier alpha value is -1.62. The number of hydrogen-bond acceptors (Lipinski definition) is 3. The molecule has 0 spiro atoms. The smallest absolute Gasteiger partial charge is 0.228 e. The summed E-state index contributed by atoms with van der Waals surface area (Å²) in [7, 11) is 0. The number of carbonyl (C=O) groups is 1. The lowest BCUT2D eigenvalue weighted by atomic mass is 10.2. The van der Waals surface area contributed by atoms with Gasteiger partial charge >= 0.3 is 0 Å². The minimum absolute atomic E-state index is 0.208. The topological polar surface area (TPSA) is 38.1 Å². The molecule has 2 aromatic rings. The Bertz CT molecular complexity index is 518. The summed E-state index contributed by atoms with van der Waals surface area (Å²) in [5, 5.41) is 6.21. The molecule has 0 aromatic carbocycles. The number of thiophene rings is 1. The molecule has 1 aliphatic heterocycles. The van der Waals surface area contributed by atoms with Gasteiger partial charge < -0.3 is 4.90 Å². The van der Waals surface area contributed by atoms with E-state index in [1.165, 1.54) is 0 Å². The van der Waals surface area contributed by atoms with Crippen molar-refractivity contribution in [2.24, 2.45) is 0 Å². The molecule has 0 atom stereocenters. The number of aromatic nitrogens is 2. The summed E-state index contributed by atoms with van der Waals surface area (Å²) >= 11 is 1.64. The minimum atomic E-state index is 0.208. The third kappa shape index (κ3) is 2.10. The van der Waals surface area contributed by atoms with Crippen molar-refractivity contribution in [3.05, 3.63) is 40.3 Å². The van der Waals surface area contributed by atoms with Crippen molar-refractivity contribution < 1.29 is 4.79 Å². The zero-order valence-electron chi connectivity index (χ0n) is 9.37. The highest BCUT2D eigenvalue weighted by Gasteiger charge is 2.20. The number of carbonyl (C=O) groups excluding carboxylic acids is 1. The molecule has 0 saturated heterocycles. The second-order valence-corrected chi connectivity index (χ2v) is 5.15. The van der Waals surface area contributed by atoms with Crippen LogP contribution in [0.5, 0.6) is 0 Å². The molecular formula is C12H13N3OS. The molecule has 0 N–H and O–H groups in total. The first-order chi connectivity index (χ1) is 8.33. The van der Waals surface area contributed by atoms with E-state index in [4.69, 9.17) is 0 Å². The molecule has 3 heterocycles. The first-order valence-corrected chi connectivity index (χ1v) is 6.52. The molecular weight excluding hydrogens is 234 g/mol. The van der Waals surface area contributed by atoms with Crippen LogP contribution in [0.3, 0.4) is 0 Å². The zero-order valence-corrected chi connectivity index (χ0v) is 10.2. The van der Waals surface area contributed by atoms with Gasteiger partial charge in [-0.3, -0.25) is 9.48 Å². The Morgan fingerprint density at radius 3 is 3.18 bits per heavy atom. The van der Waals surface area contributed by atoms with Crippen LogP contribution in [0, 0.1) is 0 Å². The Morgan fingerprint density at radius 2 is 2.35 bits per heavy atom. The number of amides is 1. The van der Waals surface area contributed by atoms with E-state index in [1.807, 2.05) is 33.2 Å². The SMILES string of the molecule is O=C(Cc1cccs1)N1CCn2nccc2C1. The quantitative estimate of drug-likeness (QED) is 0.807. The minimum Gasteiger partial charge on any atom is -0.335 e. The van der Waals surface area contributed by atoms with Crippen molar-refractivity contribution in [3.63, 3.8) is 0 Å². The fourth-order valence-electron chi connectivity index (χ4n) is 2.07. The fourth-order valence-corrected chi connectivity index (χ4v) is 2.77. The van der Waals surface area contributed by atoms with Gasteiger partial charge in [-0.1, -0.05) is 6.07 Å². The number of nitrogens with zero attached hydrogens (tertiary/aromatic N) is 3. The molecule has 5 heteroatoms. The van der Waals surface area contributed by atoms with Gasteiger partial charge in [0.2, 0.25) is 5.91 Å². The standard InChI is InChI=1S/C12H13N3OS/c16-12(8-11-2-1-7-17-11)14-5-6-15-10(9-14)3-4-13-15/h1-4,7H,5-6,8-9H2. The second-order valence-electron chi connectivity index (χ2n) is 4.12. The molecule has 0 aliphatic carbocycles. The van der Waals surface area contributed by atoms with Crippen LogP contribution in [-0.2, 0) is 24.3 Å². The number of hydrogen-bond donors (Lipinski definition) is 0. The van der Waals surface area contributed by atoms with Crippen LogP contribution in [0.25, 0.3) is 0 Å². The Kier molecular flexibility index (Phi) is 2.68.